The molecule has 5 N–H and O–H groups in total. The highest BCUT2D eigenvalue weighted by molar-refractivity contribution is 6.05. The number of carbonyl (C=O) groups is 3. The SMILES string of the molecule is Cc1c(O)[nH]c(O)c1C(=O)[C@@H](NC(=O)C[C@H](NC(=O)C=Cc1ccccc1C#N)c1ccccc1)C(C)C. The molecule has 0 unspecified atom stereocenters. The van der Waals surface area contributed by atoms with E-state index in [-0.39, 0.29) is 29.3 Å². The smallest absolute Gasteiger partial charge is 0.244 e. The molecule has 2 aromatic carbocycles. The second-order valence-corrected chi connectivity index (χ2v) is 9.18. The number of hydrogen-bond acceptors (Lipinski definition) is 6. The highest BCUT2D eigenvalue weighted by atomic mass is 16.3. The van der Waals surface area contributed by atoms with E-state index in [1.807, 2.05) is 6.07 Å². The summed E-state index contributed by atoms with van der Waals surface area (Å²) in [4.78, 5) is 41.4. The summed E-state index contributed by atoms with van der Waals surface area (Å²) < 4.78 is 0. The zero-order valence-electron chi connectivity index (χ0n) is 21.4. The van der Waals surface area contributed by atoms with Crippen LogP contribution in [0.15, 0.2) is 60.7 Å². The van der Waals surface area contributed by atoms with Gasteiger partial charge in [0.05, 0.1) is 35.7 Å². The summed E-state index contributed by atoms with van der Waals surface area (Å²) in [6.45, 7) is 4.99. The van der Waals surface area contributed by atoms with E-state index in [9.17, 15) is 29.9 Å². The molecule has 9 heteroatoms. The van der Waals surface area contributed by atoms with Gasteiger partial charge < -0.3 is 20.8 Å². The topological polar surface area (TPSA) is 155 Å². The van der Waals surface area contributed by atoms with Crippen molar-refractivity contribution in [3.63, 3.8) is 0 Å². The summed E-state index contributed by atoms with van der Waals surface area (Å²) in [5.74, 6) is -2.60. The molecule has 38 heavy (non-hydrogen) atoms. The summed E-state index contributed by atoms with van der Waals surface area (Å²) in [5, 5.41) is 34.7. The number of hydrogen-bond donors (Lipinski definition) is 5. The lowest BCUT2D eigenvalue weighted by atomic mass is 9.93. The number of nitrogens with one attached hydrogen (secondary N) is 3. The van der Waals surface area contributed by atoms with E-state index in [1.165, 1.54) is 19.1 Å². The monoisotopic (exact) mass is 514 g/mol. The second-order valence-electron chi connectivity index (χ2n) is 9.18. The van der Waals surface area contributed by atoms with Crippen LogP contribution in [0.1, 0.15) is 58.9 Å². The molecule has 9 nitrogen and oxygen atoms in total. The quantitative estimate of drug-likeness (QED) is 0.204. The van der Waals surface area contributed by atoms with Crippen molar-refractivity contribution in [3.05, 3.63) is 88.5 Å². The fraction of sp³-hybridized carbons (Fsp3) is 0.241. The average Bonchev–Trinajstić information content (AvgIpc) is 3.16. The van der Waals surface area contributed by atoms with Crippen molar-refractivity contribution in [1.29, 1.82) is 5.26 Å². The molecule has 2 amide bonds. The molecule has 3 aromatic rings. The number of aromatic hydroxyl groups is 2. The number of amides is 2. The third-order valence-corrected chi connectivity index (χ3v) is 6.12. The Morgan fingerprint density at radius 3 is 2.26 bits per heavy atom. The summed E-state index contributed by atoms with van der Waals surface area (Å²) in [6.07, 6.45) is 2.68. The predicted octanol–water partition coefficient (Wildman–Crippen LogP) is 3.89. The summed E-state index contributed by atoms with van der Waals surface area (Å²) in [7, 11) is 0. The van der Waals surface area contributed by atoms with Crippen LogP contribution in [0.2, 0.25) is 0 Å². The Morgan fingerprint density at radius 1 is 1.00 bits per heavy atom. The van der Waals surface area contributed by atoms with Gasteiger partial charge in [0, 0.05) is 11.6 Å². The first-order valence-corrected chi connectivity index (χ1v) is 12.1. The minimum Gasteiger partial charge on any atom is -0.494 e. The van der Waals surface area contributed by atoms with Crippen LogP contribution >= 0.6 is 0 Å². The Bertz CT molecular complexity index is 1390. The summed E-state index contributed by atoms with van der Waals surface area (Å²) >= 11 is 0. The molecule has 0 saturated carbocycles. The lowest BCUT2D eigenvalue weighted by Gasteiger charge is -2.24. The van der Waals surface area contributed by atoms with E-state index >= 15 is 0 Å². The molecular weight excluding hydrogens is 484 g/mol. The van der Waals surface area contributed by atoms with Crippen molar-refractivity contribution in [2.75, 3.05) is 0 Å². The van der Waals surface area contributed by atoms with Gasteiger partial charge in [0.2, 0.25) is 17.7 Å². The highest BCUT2D eigenvalue weighted by Gasteiger charge is 2.31. The first kappa shape index (κ1) is 27.7. The van der Waals surface area contributed by atoms with Crippen LogP contribution in [0.25, 0.3) is 6.08 Å². The molecule has 0 spiro atoms. The van der Waals surface area contributed by atoms with Gasteiger partial charge in [0.1, 0.15) is 0 Å². The second kappa shape index (κ2) is 12.4. The van der Waals surface area contributed by atoms with Gasteiger partial charge in [-0.1, -0.05) is 62.4 Å². The molecule has 3 rings (SSSR count). The molecule has 0 aliphatic rings. The average molecular weight is 515 g/mol. The molecule has 0 fully saturated rings. The Morgan fingerprint density at radius 2 is 1.66 bits per heavy atom. The van der Waals surface area contributed by atoms with Gasteiger partial charge in [-0.25, -0.2) is 0 Å². The van der Waals surface area contributed by atoms with Gasteiger partial charge in [0.15, 0.2) is 11.7 Å². The maximum atomic E-state index is 13.2. The molecule has 0 saturated heterocycles. The zero-order chi connectivity index (χ0) is 27.8. The minimum atomic E-state index is -0.975. The van der Waals surface area contributed by atoms with Crippen LogP contribution in [0.3, 0.4) is 0 Å². The van der Waals surface area contributed by atoms with Crippen molar-refractivity contribution in [3.8, 4) is 17.8 Å². The van der Waals surface area contributed by atoms with Crippen molar-refractivity contribution in [1.82, 2.24) is 15.6 Å². The number of nitrogens with zero attached hydrogens (tertiary/aromatic N) is 1. The lowest BCUT2D eigenvalue weighted by Crippen LogP contribution is -2.45. The van der Waals surface area contributed by atoms with Crippen LogP contribution in [0.5, 0.6) is 11.8 Å². The number of H-pyrrole nitrogens is 1. The number of Topliss-reactive ketones (excluding diaryl/α,β-unsaturated/α-hetero) is 1. The van der Waals surface area contributed by atoms with Gasteiger partial charge in [-0.05, 0) is 36.1 Å². The van der Waals surface area contributed by atoms with E-state index in [4.69, 9.17) is 0 Å². The van der Waals surface area contributed by atoms with Crippen molar-refractivity contribution in [2.24, 2.45) is 5.92 Å². The van der Waals surface area contributed by atoms with Gasteiger partial charge in [-0.15, -0.1) is 0 Å². The van der Waals surface area contributed by atoms with Crippen molar-refractivity contribution >= 4 is 23.7 Å². The summed E-state index contributed by atoms with van der Waals surface area (Å²) in [6, 6.07) is 16.2. The largest absolute Gasteiger partial charge is 0.494 e. The Kier molecular flexibility index (Phi) is 9.06. The number of nitriles is 1. The Hall–Kier alpha value is -4.84. The normalized spacial score (nSPS) is 12.6. The zero-order valence-corrected chi connectivity index (χ0v) is 21.4. The maximum absolute atomic E-state index is 13.2. The van der Waals surface area contributed by atoms with Crippen LogP contribution in [0, 0.1) is 24.2 Å². The van der Waals surface area contributed by atoms with E-state index in [0.29, 0.717) is 16.7 Å². The van der Waals surface area contributed by atoms with Crippen LogP contribution in [0.4, 0.5) is 0 Å². The minimum absolute atomic E-state index is 0.0859. The summed E-state index contributed by atoms with van der Waals surface area (Å²) in [5.41, 5.74) is 1.81. The van der Waals surface area contributed by atoms with Crippen LogP contribution < -0.4 is 10.6 Å². The van der Waals surface area contributed by atoms with Crippen molar-refractivity contribution in [2.45, 2.75) is 39.3 Å². The fourth-order valence-corrected chi connectivity index (χ4v) is 4.04. The lowest BCUT2D eigenvalue weighted by molar-refractivity contribution is -0.123. The van der Waals surface area contributed by atoms with Gasteiger partial charge >= 0.3 is 0 Å². The number of benzene rings is 2. The van der Waals surface area contributed by atoms with Crippen LogP contribution in [-0.2, 0) is 9.59 Å². The molecule has 0 aliphatic heterocycles. The molecule has 0 bridgehead atoms. The first-order chi connectivity index (χ1) is 18.1. The maximum Gasteiger partial charge on any atom is 0.244 e. The number of carbonyl (C=O) groups excluding carboxylic acids is 3. The van der Waals surface area contributed by atoms with Gasteiger partial charge in [-0.2, -0.15) is 5.26 Å². The first-order valence-electron chi connectivity index (χ1n) is 12.1. The molecule has 196 valence electrons. The number of aromatic amines is 1. The Labute approximate surface area is 220 Å². The predicted molar refractivity (Wildman–Crippen MR) is 142 cm³/mol. The molecule has 0 aliphatic carbocycles. The molecule has 1 heterocycles. The molecule has 0 radical (unpaired) electrons. The van der Waals surface area contributed by atoms with Gasteiger partial charge in [-0.3, -0.25) is 19.4 Å². The number of aromatic nitrogens is 1. The molecule has 2 atom stereocenters. The number of ketones is 1. The third-order valence-electron chi connectivity index (χ3n) is 6.12. The molecular formula is C29H30N4O5. The van der Waals surface area contributed by atoms with Crippen LogP contribution in [-0.4, -0.2) is 38.8 Å². The van der Waals surface area contributed by atoms with E-state index in [2.05, 4.69) is 21.7 Å². The number of rotatable bonds is 10. The Balaban J connectivity index is 1.77. The standard InChI is InChI=1S/C29H30N4O5/c1-17(2)26(27(36)25-18(3)28(37)33-29(25)38)32-24(35)15-22(20-10-5-4-6-11-20)31-23(34)14-13-19-9-7-8-12-21(19)16-30/h4-14,17,22,26,33,37-38H,15H2,1-3H3,(H,31,34)(H,32,35)/t22-,26-/m0/s1. The highest BCUT2D eigenvalue weighted by Crippen LogP contribution is 2.30. The van der Waals surface area contributed by atoms with E-state index in [1.54, 1.807) is 62.4 Å². The van der Waals surface area contributed by atoms with E-state index < -0.39 is 35.6 Å². The molecule has 1 aromatic heterocycles. The van der Waals surface area contributed by atoms with Gasteiger partial charge in [0.25, 0.3) is 0 Å². The fourth-order valence-electron chi connectivity index (χ4n) is 4.04. The van der Waals surface area contributed by atoms with E-state index in [0.717, 1.165) is 0 Å². The third kappa shape index (κ3) is 6.68. The van der Waals surface area contributed by atoms with Crippen molar-refractivity contribution < 1.29 is 24.6 Å².